The Hall–Kier alpha value is -15.5. The average Bonchev–Trinajstić information content (AvgIpc) is 1.60. The molecule has 22 rings (SSSR count). The number of nitrogens with zero attached hydrogens (tertiary/aromatic N) is 6. The summed E-state index contributed by atoms with van der Waals surface area (Å²) in [5, 5.41) is 12.3. The summed E-state index contributed by atoms with van der Waals surface area (Å²) in [7, 11) is 0. The van der Waals surface area contributed by atoms with Gasteiger partial charge in [-0.15, -0.1) is 0 Å². The summed E-state index contributed by atoms with van der Waals surface area (Å²) in [4.78, 5) is 7.09. The van der Waals surface area contributed by atoms with E-state index in [4.69, 9.17) is 0 Å². The summed E-state index contributed by atoms with van der Waals surface area (Å²) in [5.74, 6) is 0. The van der Waals surface area contributed by atoms with Crippen molar-refractivity contribution in [1.82, 2.24) is 13.7 Å². The molecule has 19 aromatic carbocycles. The number of benzene rings is 19. The zero-order chi connectivity index (χ0) is 76.8. The molecule has 0 unspecified atom stereocenters. The van der Waals surface area contributed by atoms with Crippen LogP contribution in [0, 0.1) is 0 Å². The highest BCUT2D eigenvalue weighted by atomic mass is 15.2. The minimum atomic E-state index is 1.09. The van der Waals surface area contributed by atoms with Crippen LogP contribution in [-0.4, -0.2) is 13.7 Å². The molecule has 22 aromatic rings. The normalized spacial score (nSPS) is 11.4. The first-order valence-electron chi connectivity index (χ1n) is 39.7. The Balaban J connectivity index is 0.000000163. The van der Waals surface area contributed by atoms with Gasteiger partial charge in [0.25, 0.3) is 0 Å². The molecular weight excluding hydrogens is 1410 g/mol. The average molecular weight is 1480 g/mol. The molecular formula is C110H76N6. The smallest absolute Gasteiger partial charge is 0.0542 e. The molecule has 0 aliphatic carbocycles. The molecule has 3 aromatic heterocycles. The molecule has 116 heavy (non-hydrogen) atoms. The minimum absolute atomic E-state index is 1.09. The summed E-state index contributed by atoms with van der Waals surface area (Å²) < 4.78 is 7.21. The Labute approximate surface area is 673 Å². The van der Waals surface area contributed by atoms with Crippen molar-refractivity contribution in [2.24, 2.45) is 0 Å². The van der Waals surface area contributed by atoms with E-state index in [2.05, 4.69) is 489 Å². The monoisotopic (exact) mass is 1480 g/mol. The molecule has 546 valence electrons. The van der Waals surface area contributed by atoms with Crippen molar-refractivity contribution < 1.29 is 0 Å². The Morgan fingerprint density at radius 1 is 0.138 bits per heavy atom. The van der Waals surface area contributed by atoms with Crippen LogP contribution in [0.15, 0.2) is 461 Å². The third kappa shape index (κ3) is 12.2. The highest BCUT2D eigenvalue weighted by molar-refractivity contribution is 6.15. The van der Waals surface area contributed by atoms with Crippen molar-refractivity contribution in [3.63, 3.8) is 0 Å². The van der Waals surface area contributed by atoms with Crippen LogP contribution < -0.4 is 14.7 Å². The van der Waals surface area contributed by atoms with Gasteiger partial charge in [0.05, 0.1) is 55.8 Å². The first kappa shape index (κ1) is 68.5. The van der Waals surface area contributed by atoms with Crippen LogP contribution >= 0.6 is 0 Å². The lowest BCUT2D eigenvalue weighted by Crippen LogP contribution is -2.11. The molecule has 0 atom stereocenters. The van der Waals surface area contributed by atoms with E-state index in [0.717, 1.165) is 73.7 Å². The molecule has 0 aliphatic heterocycles. The summed E-state index contributed by atoms with van der Waals surface area (Å²) in [6.07, 6.45) is 0. The Morgan fingerprint density at radius 3 is 0.750 bits per heavy atom. The number of rotatable bonds is 15. The number of hydrogen-bond donors (Lipinski definition) is 0. The van der Waals surface area contributed by atoms with Gasteiger partial charge in [-0.2, -0.15) is 0 Å². The molecule has 0 fully saturated rings. The Kier molecular flexibility index (Phi) is 17.5. The molecule has 6 nitrogen and oxygen atoms in total. The van der Waals surface area contributed by atoms with E-state index in [1.165, 1.54) is 115 Å². The van der Waals surface area contributed by atoms with Gasteiger partial charge >= 0.3 is 0 Å². The molecule has 0 amide bonds. The quantitative estimate of drug-likeness (QED) is 0.102. The minimum Gasteiger partial charge on any atom is -0.311 e. The van der Waals surface area contributed by atoms with Gasteiger partial charge in [-0.1, -0.05) is 297 Å². The van der Waals surface area contributed by atoms with Gasteiger partial charge in [0.1, 0.15) is 0 Å². The van der Waals surface area contributed by atoms with Gasteiger partial charge in [0.2, 0.25) is 0 Å². The van der Waals surface area contributed by atoms with Crippen LogP contribution in [0.4, 0.5) is 51.2 Å². The van der Waals surface area contributed by atoms with E-state index in [9.17, 15) is 0 Å². The first-order chi connectivity index (χ1) is 57.6. The molecule has 3 heterocycles. The number of anilines is 9. The molecule has 6 heteroatoms. The predicted molar refractivity (Wildman–Crippen MR) is 491 cm³/mol. The second-order valence-corrected chi connectivity index (χ2v) is 29.5. The van der Waals surface area contributed by atoms with E-state index in [0.29, 0.717) is 0 Å². The fourth-order valence-corrected chi connectivity index (χ4v) is 17.6. The van der Waals surface area contributed by atoms with E-state index < -0.39 is 0 Å². The van der Waals surface area contributed by atoms with Crippen molar-refractivity contribution in [2.75, 3.05) is 14.7 Å². The fourth-order valence-electron chi connectivity index (χ4n) is 17.6. The van der Waals surface area contributed by atoms with Crippen LogP contribution in [-0.2, 0) is 0 Å². The summed E-state index contributed by atoms with van der Waals surface area (Å²) in [6.45, 7) is 0. The molecule has 0 saturated carbocycles. The number of hydrogen-bond acceptors (Lipinski definition) is 3. The first-order valence-corrected chi connectivity index (χ1v) is 39.7. The third-order valence-corrected chi connectivity index (χ3v) is 22.9. The summed E-state index contributed by atoms with van der Waals surface area (Å²) in [5.41, 5.74) is 27.8. The van der Waals surface area contributed by atoms with Crippen molar-refractivity contribution in [3.05, 3.63) is 461 Å². The standard InChI is InChI=1S/C68H46N4.C42H30N2/c1-3-19-49(20-4-1)69(65-43-45-67(59-25-9-7-23-57(59)65)71-61-31-15-11-27-53(61)54-28-12-16-32-62(54)71)51-39-35-47(36-40-51)48-37-41-52(42-38-48)70(50-21-5-2-6-22-50)66-44-46-68(60-26-10-8-24-58(60)66)72-63-33-17-13-29-55(63)56-30-14-18-34-64(56)72;1-4-12-31(13-5-1)32-20-25-37(26-21-32)43(35-14-6-2-7-15-35)38-27-22-33(23-28-38)34-24-29-42-40(30-34)39-18-10-11-19-41(39)44(42)36-16-8-3-9-17-36/h1-46H;1-30H. The lowest BCUT2D eigenvalue weighted by Gasteiger charge is -2.28. The molecule has 0 bridgehead atoms. The van der Waals surface area contributed by atoms with Gasteiger partial charge in [-0.25, -0.2) is 0 Å². The number of para-hydroxylation sites is 9. The zero-order valence-corrected chi connectivity index (χ0v) is 63.6. The van der Waals surface area contributed by atoms with Gasteiger partial charge in [0, 0.05) is 99.4 Å². The third-order valence-electron chi connectivity index (χ3n) is 22.9. The number of fused-ring (bicyclic) bond motifs is 11. The summed E-state index contributed by atoms with van der Waals surface area (Å²) in [6, 6.07) is 166. The summed E-state index contributed by atoms with van der Waals surface area (Å²) >= 11 is 0. The van der Waals surface area contributed by atoms with Gasteiger partial charge in [0.15, 0.2) is 0 Å². The van der Waals surface area contributed by atoms with Crippen LogP contribution in [0.5, 0.6) is 0 Å². The lowest BCUT2D eigenvalue weighted by molar-refractivity contribution is 1.18. The van der Waals surface area contributed by atoms with Gasteiger partial charge < -0.3 is 28.4 Å². The van der Waals surface area contributed by atoms with Crippen molar-refractivity contribution in [2.45, 2.75) is 0 Å². The maximum atomic E-state index is 2.43. The second-order valence-electron chi connectivity index (χ2n) is 29.5. The maximum Gasteiger partial charge on any atom is 0.0542 e. The van der Waals surface area contributed by atoms with Crippen LogP contribution in [0.2, 0.25) is 0 Å². The second kappa shape index (κ2) is 29.6. The van der Waals surface area contributed by atoms with E-state index in [1.54, 1.807) is 0 Å². The molecule has 0 N–H and O–H groups in total. The molecule has 0 spiro atoms. The molecule has 0 aliphatic rings. The largest absolute Gasteiger partial charge is 0.311 e. The van der Waals surface area contributed by atoms with Crippen LogP contribution in [0.3, 0.4) is 0 Å². The Bertz CT molecular complexity index is 6950. The van der Waals surface area contributed by atoms with E-state index in [1.807, 2.05) is 0 Å². The highest BCUT2D eigenvalue weighted by Crippen LogP contribution is 2.47. The van der Waals surface area contributed by atoms with Gasteiger partial charge in [-0.3, -0.25) is 0 Å². The predicted octanol–water partition coefficient (Wildman–Crippen LogP) is 30.4. The van der Waals surface area contributed by atoms with Gasteiger partial charge in [-0.05, 0) is 197 Å². The number of aromatic nitrogens is 3. The SMILES string of the molecule is c1ccc(-c2ccc(N(c3ccccc3)c3ccc(-c4ccc5c(c4)c4ccccc4n5-c4ccccc4)cc3)cc2)cc1.c1ccc(N(c2ccc(-c3ccc(N(c4ccccc4)c4ccc(-n5c6ccccc6c6ccccc65)c5ccccc45)cc3)cc2)c2ccc(-n3c4ccccc4c4ccccc43)c3ccccc23)cc1. The van der Waals surface area contributed by atoms with E-state index >= 15 is 0 Å². The lowest BCUT2D eigenvalue weighted by atomic mass is 10.0. The maximum absolute atomic E-state index is 2.43. The molecule has 0 radical (unpaired) electrons. The highest BCUT2D eigenvalue weighted by Gasteiger charge is 2.24. The van der Waals surface area contributed by atoms with Crippen molar-refractivity contribution in [1.29, 1.82) is 0 Å². The fraction of sp³-hybridized carbons (Fsp3) is 0. The molecule has 0 saturated heterocycles. The zero-order valence-electron chi connectivity index (χ0n) is 63.6. The van der Waals surface area contributed by atoms with E-state index in [-0.39, 0.29) is 0 Å². The topological polar surface area (TPSA) is 24.5 Å². The van der Waals surface area contributed by atoms with Crippen LogP contribution in [0.25, 0.3) is 137 Å². The Morgan fingerprint density at radius 2 is 0.379 bits per heavy atom. The van der Waals surface area contributed by atoms with Crippen LogP contribution in [0.1, 0.15) is 0 Å². The van der Waals surface area contributed by atoms with Crippen molar-refractivity contribution in [3.8, 4) is 50.4 Å². The van der Waals surface area contributed by atoms with Crippen molar-refractivity contribution >= 4 is 138 Å².